The number of alkyl halides is 1. The van der Waals surface area contributed by atoms with E-state index in [0.29, 0.717) is 6.42 Å². The number of fused-ring (bicyclic) bond motifs is 5. The van der Waals surface area contributed by atoms with Gasteiger partial charge in [-0.2, -0.15) is 0 Å². The molecule has 0 nitrogen and oxygen atoms in total. The van der Waals surface area contributed by atoms with Gasteiger partial charge in [0.25, 0.3) is 0 Å². The van der Waals surface area contributed by atoms with E-state index in [1.165, 1.54) is 27.8 Å². The van der Waals surface area contributed by atoms with Crippen LogP contribution in [0.1, 0.15) is 41.3 Å². The van der Waals surface area contributed by atoms with Crippen molar-refractivity contribution in [2.24, 2.45) is 0 Å². The van der Waals surface area contributed by atoms with Crippen LogP contribution in [0.3, 0.4) is 0 Å². The van der Waals surface area contributed by atoms with Crippen molar-refractivity contribution in [3.8, 4) is 11.1 Å². The third kappa shape index (κ3) is 1.64. The van der Waals surface area contributed by atoms with E-state index in [0.717, 1.165) is 31.2 Å². The van der Waals surface area contributed by atoms with Gasteiger partial charge in [0.1, 0.15) is 6.17 Å². The molecule has 1 atom stereocenters. The third-order valence-corrected chi connectivity index (χ3v) is 4.64. The molecule has 1 unspecified atom stereocenters. The van der Waals surface area contributed by atoms with Crippen molar-refractivity contribution in [3.05, 3.63) is 58.7 Å². The van der Waals surface area contributed by atoms with E-state index < -0.39 is 6.17 Å². The smallest absolute Gasteiger partial charge is 0.125 e. The highest BCUT2D eigenvalue weighted by molar-refractivity contribution is 5.75. The minimum atomic E-state index is -0.744. The third-order valence-electron chi connectivity index (χ3n) is 4.64. The Bertz CT molecular complexity index is 642. The minimum absolute atomic E-state index is 0.697. The molecule has 2 aliphatic carbocycles. The largest absolute Gasteiger partial charge is 0.242 e. The molecular formula is C18H17F. The van der Waals surface area contributed by atoms with E-state index in [-0.39, 0.29) is 0 Å². The molecule has 0 radical (unpaired) electrons. The standard InChI is InChI=1S/C18H17F/c19-18-7-3-6-14-16-9-8-12-4-1-2-5-13(12)15(16)10-11-17(14)18/h1-2,4-5,10-11,18H,3,6-9H2. The Labute approximate surface area is 113 Å². The van der Waals surface area contributed by atoms with Gasteiger partial charge in [0.05, 0.1) is 0 Å². The van der Waals surface area contributed by atoms with E-state index in [1.54, 1.807) is 0 Å². The van der Waals surface area contributed by atoms with Gasteiger partial charge in [-0.05, 0) is 65.5 Å². The van der Waals surface area contributed by atoms with Crippen LogP contribution >= 0.6 is 0 Å². The molecule has 0 aromatic heterocycles. The van der Waals surface area contributed by atoms with Crippen LogP contribution in [0.25, 0.3) is 11.1 Å². The Morgan fingerprint density at radius 2 is 1.74 bits per heavy atom. The van der Waals surface area contributed by atoms with Gasteiger partial charge in [-0.1, -0.05) is 36.4 Å². The zero-order valence-corrected chi connectivity index (χ0v) is 11.0. The lowest BCUT2D eigenvalue weighted by molar-refractivity contribution is 0.302. The molecule has 0 bridgehead atoms. The molecule has 2 aromatic rings. The van der Waals surface area contributed by atoms with Crippen LogP contribution in [-0.2, 0) is 19.3 Å². The molecular weight excluding hydrogens is 235 g/mol. The molecule has 0 N–H and O–H groups in total. The molecule has 0 saturated carbocycles. The first kappa shape index (κ1) is 11.2. The zero-order valence-electron chi connectivity index (χ0n) is 11.0. The molecule has 0 spiro atoms. The van der Waals surface area contributed by atoms with Gasteiger partial charge in [0.2, 0.25) is 0 Å². The number of hydrogen-bond donors (Lipinski definition) is 0. The number of hydrogen-bond acceptors (Lipinski definition) is 0. The molecule has 2 aromatic carbocycles. The van der Waals surface area contributed by atoms with E-state index in [9.17, 15) is 4.39 Å². The molecule has 2 aliphatic rings. The predicted molar refractivity (Wildman–Crippen MR) is 76.1 cm³/mol. The predicted octanol–water partition coefficient (Wildman–Crippen LogP) is 4.80. The highest BCUT2D eigenvalue weighted by Gasteiger charge is 2.26. The lowest BCUT2D eigenvalue weighted by Gasteiger charge is -2.28. The van der Waals surface area contributed by atoms with E-state index in [4.69, 9.17) is 0 Å². The normalized spacial score (nSPS) is 20.4. The Balaban J connectivity index is 1.95. The maximum absolute atomic E-state index is 14.0. The summed E-state index contributed by atoms with van der Waals surface area (Å²) in [6.07, 6.45) is 4.17. The fourth-order valence-corrected chi connectivity index (χ4v) is 3.71. The van der Waals surface area contributed by atoms with Gasteiger partial charge in [-0.3, -0.25) is 0 Å². The summed E-state index contributed by atoms with van der Waals surface area (Å²) in [5.74, 6) is 0. The highest BCUT2D eigenvalue weighted by Crippen LogP contribution is 2.41. The summed E-state index contributed by atoms with van der Waals surface area (Å²) in [5, 5.41) is 0. The summed E-state index contributed by atoms with van der Waals surface area (Å²) >= 11 is 0. The lowest BCUT2D eigenvalue weighted by atomic mass is 9.78. The van der Waals surface area contributed by atoms with Gasteiger partial charge in [0.15, 0.2) is 0 Å². The number of halogens is 1. The fourth-order valence-electron chi connectivity index (χ4n) is 3.71. The Kier molecular flexibility index (Phi) is 2.48. The molecule has 0 amide bonds. The zero-order chi connectivity index (χ0) is 12.8. The summed E-state index contributed by atoms with van der Waals surface area (Å²) in [4.78, 5) is 0. The summed E-state index contributed by atoms with van der Waals surface area (Å²) < 4.78 is 14.0. The Hall–Kier alpha value is -1.63. The second-order valence-electron chi connectivity index (χ2n) is 5.68. The van der Waals surface area contributed by atoms with Gasteiger partial charge in [0, 0.05) is 0 Å². The molecule has 19 heavy (non-hydrogen) atoms. The molecule has 0 heterocycles. The highest BCUT2D eigenvalue weighted by atomic mass is 19.1. The van der Waals surface area contributed by atoms with Crippen molar-refractivity contribution in [2.75, 3.05) is 0 Å². The molecule has 0 fully saturated rings. The molecule has 4 rings (SSSR count). The first-order chi connectivity index (χ1) is 9.34. The average molecular weight is 252 g/mol. The van der Waals surface area contributed by atoms with Crippen molar-refractivity contribution in [1.29, 1.82) is 0 Å². The average Bonchev–Trinajstić information content (AvgIpc) is 2.47. The lowest BCUT2D eigenvalue weighted by Crippen LogP contribution is -2.13. The van der Waals surface area contributed by atoms with Gasteiger partial charge < -0.3 is 0 Å². The van der Waals surface area contributed by atoms with E-state index in [1.807, 2.05) is 6.07 Å². The SMILES string of the molecule is FC1CCCc2c1ccc1c2CCc2ccccc2-1. The quantitative estimate of drug-likeness (QED) is 0.632. The van der Waals surface area contributed by atoms with E-state index >= 15 is 0 Å². The molecule has 96 valence electrons. The topological polar surface area (TPSA) is 0 Å². The monoisotopic (exact) mass is 252 g/mol. The molecule has 0 aliphatic heterocycles. The van der Waals surface area contributed by atoms with Crippen LogP contribution in [0.15, 0.2) is 36.4 Å². The Morgan fingerprint density at radius 1 is 0.842 bits per heavy atom. The van der Waals surface area contributed by atoms with Gasteiger partial charge in [-0.15, -0.1) is 0 Å². The number of benzene rings is 2. The maximum Gasteiger partial charge on any atom is 0.125 e. The summed E-state index contributed by atoms with van der Waals surface area (Å²) in [5.41, 5.74) is 7.82. The van der Waals surface area contributed by atoms with Gasteiger partial charge >= 0.3 is 0 Å². The van der Waals surface area contributed by atoms with Crippen molar-refractivity contribution in [3.63, 3.8) is 0 Å². The fraction of sp³-hybridized carbons (Fsp3) is 0.333. The van der Waals surface area contributed by atoms with Crippen LogP contribution in [0.4, 0.5) is 4.39 Å². The van der Waals surface area contributed by atoms with Crippen LogP contribution < -0.4 is 0 Å². The first-order valence-electron chi connectivity index (χ1n) is 7.21. The summed E-state index contributed by atoms with van der Waals surface area (Å²) in [7, 11) is 0. The summed E-state index contributed by atoms with van der Waals surface area (Å²) in [6, 6.07) is 12.8. The second kappa shape index (κ2) is 4.19. The number of aryl methyl sites for hydroxylation is 1. The van der Waals surface area contributed by atoms with E-state index in [2.05, 4.69) is 30.3 Å². The van der Waals surface area contributed by atoms with Crippen molar-refractivity contribution >= 4 is 0 Å². The number of rotatable bonds is 0. The van der Waals surface area contributed by atoms with Gasteiger partial charge in [-0.25, -0.2) is 4.39 Å². The van der Waals surface area contributed by atoms with Crippen molar-refractivity contribution in [1.82, 2.24) is 0 Å². The molecule has 0 saturated heterocycles. The van der Waals surface area contributed by atoms with Crippen molar-refractivity contribution < 1.29 is 4.39 Å². The minimum Gasteiger partial charge on any atom is -0.242 e. The van der Waals surface area contributed by atoms with Crippen LogP contribution in [0, 0.1) is 0 Å². The van der Waals surface area contributed by atoms with Crippen LogP contribution in [0.2, 0.25) is 0 Å². The van der Waals surface area contributed by atoms with Crippen LogP contribution in [-0.4, -0.2) is 0 Å². The summed E-state index contributed by atoms with van der Waals surface area (Å²) in [6.45, 7) is 0. The van der Waals surface area contributed by atoms with Crippen LogP contribution in [0.5, 0.6) is 0 Å². The molecule has 1 heteroatoms. The Morgan fingerprint density at radius 3 is 2.68 bits per heavy atom. The second-order valence-corrected chi connectivity index (χ2v) is 5.68. The maximum atomic E-state index is 14.0. The van der Waals surface area contributed by atoms with Crippen molar-refractivity contribution in [2.45, 2.75) is 38.3 Å². The first-order valence-corrected chi connectivity index (χ1v) is 7.21.